The molecule has 1 atom stereocenters. The van der Waals surface area contributed by atoms with E-state index in [2.05, 4.69) is 24.1 Å². The lowest BCUT2D eigenvalue weighted by Gasteiger charge is -2.18. The van der Waals surface area contributed by atoms with Crippen molar-refractivity contribution in [3.63, 3.8) is 0 Å². The van der Waals surface area contributed by atoms with Crippen LogP contribution in [0.15, 0.2) is 18.2 Å². The number of carbonyl (C=O) groups excluding carboxylic acids is 1. The van der Waals surface area contributed by atoms with Gasteiger partial charge in [-0.15, -0.1) is 0 Å². The second kappa shape index (κ2) is 6.94. The van der Waals surface area contributed by atoms with Crippen molar-refractivity contribution >= 4 is 5.91 Å². The highest BCUT2D eigenvalue weighted by Gasteiger charge is 2.23. The van der Waals surface area contributed by atoms with E-state index in [9.17, 15) is 9.90 Å². The van der Waals surface area contributed by atoms with E-state index in [1.165, 1.54) is 0 Å². The molecule has 2 rings (SSSR count). The van der Waals surface area contributed by atoms with E-state index >= 15 is 0 Å². The van der Waals surface area contributed by atoms with E-state index in [4.69, 9.17) is 0 Å². The summed E-state index contributed by atoms with van der Waals surface area (Å²) in [5.41, 5.74) is 1.34. The van der Waals surface area contributed by atoms with Crippen LogP contribution in [0.3, 0.4) is 0 Å². The molecule has 0 unspecified atom stereocenters. The molecule has 0 spiro atoms. The molecular weight excluding hydrogens is 264 g/mol. The Bertz CT molecular complexity index is 500. The van der Waals surface area contributed by atoms with Crippen molar-refractivity contribution in [2.75, 3.05) is 26.2 Å². The highest BCUT2D eigenvalue weighted by Crippen LogP contribution is 2.18. The summed E-state index contributed by atoms with van der Waals surface area (Å²) < 4.78 is 0. The number of nitrogens with one attached hydrogen (secondary N) is 1. The van der Waals surface area contributed by atoms with Crippen molar-refractivity contribution in [1.82, 2.24) is 10.2 Å². The van der Waals surface area contributed by atoms with E-state index in [0.717, 1.165) is 38.2 Å². The maximum absolute atomic E-state index is 12.1. The predicted octanol–water partition coefficient (Wildman–Crippen LogP) is 2.41. The zero-order valence-corrected chi connectivity index (χ0v) is 13.2. The summed E-state index contributed by atoms with van der Waals surface area (Å²) in [6.45, 7) is 10.4. The third kappa shape index (κ3) is 4.46. The van der Waals surface area contributed by atoms with Gasteiger partial charge < -0.3 is 15.3 Å². The number of aromatic hydroxyl groups is 1. The molecule has 116 valence electrons. The Labute approximate surface area is 127 Å². The number of rotatable bonds is 5. The molecule has 2 N–H and O–H groups in total. The van der Waals surface area contributed by atoms with Gasteiger partial charge in [-0.05, 0) is 55.5 Å². The first-order valence-corrected chi connectivity index (χ1v) is 7.76. The lowest BCUT2D eigenvalue weighted by molar-refractivity contribution is 0.0947. The number of nitrogens with zero attached hydrogens (tertiary/aromatic N) is 1. The average Bonchev–Trinajstić information content (AvgIpc) is 2.86. The van der Waals surface area contributed by atoms with Gasteiger partial charge in [0.05, 0.1) is 0 Å². The lowest BCUT2D eigenvalue weighted by Crippen LogP contribution is -2.31. The summed E-state index contributed by atoms with van der Waals surface area (Å²) in [7, 11) is 0. The minimum atomic E-state index is -0.0552. The van der Waals surface area contributed by atoms with E-state index < -0.39 is 0 Å². The molecule has 0 radical (unpaired) electrons. The van der Waals surface area contributed by atoms with Crippen molar-refractivity contribution in [3.8, 4) is 5.75 Å². The monoisotopic (exact) mass is 290 g/mol. The number of benzene rings is 1. The van der Waals surface area contributed by atoms with Gasteiger partial charge in [-0.3, -0.25) is 4.79 Å². The standard InChI is InChI=1S/C17H26N2O2/c1-12(2)10-19-7-6-14(11-19)9-18-17(21)15-4-5-16(20)13(3)8-15/h4-5,8,12,14,20H,6-7,9-11H2,1-3H3,(H,18,21)/t14-/m1/s1. The molecule has 1 heterocycles. The highest BCUT2D eigenvalue weighted by atomic mass is 16.3. The number of phenols is 1. The first kappa shape index (κ1) is 15.8. The molecule has 4 nitrogen and oxygen atoms in total. The number of likely N-dealkylation sites (tertiary alicyclic amines) is 1. The van der Waals surface area contributed by atoms with Crippen molar-refractivity contribution in [2.45, 2.75) is 27.2 Å². The van der Waals surface area contributed by atoms with Gasteiger partial charge in [0.25, 0.3) is 5.91 Å². The smallest absolute Gasteiger partial charge is 0.251 e. The molecule has 4 heteroatoms. The molecule has 1 aliphatic rings. The third-order valence-electron chi connectivity index (χ3n) is 4.00. The second-order valence-corrected chi connectivity index (χ2v) is 6.52. The quantitative estimate of drug-likeness (QED) is 0.875. The maximum atomic E-state index is 12.1. The van der Waals surface area contributed by atoms with Crippen molar-refractivity contribution in [3.05, 3.63) is 29.3 Å². The van der Waals surface area contributed by atoms with Gasteiger partial charge in [-0.1, -0.05) is 13.8 Å². The van der Waals surface area contributed by atoms with E-state index in [1.807, 2.05) is 0 Å². The number of carbonyl (C=O) groups is 1. The van der Waals surface area contributed by atoms with Crippen molar-refractivity contribution < 1.29 is 9.90 Å². The average molecular weight is 290 g/mol. The maximum Gasteiger partial charge on any atom is 0.251 e. The first-order chi connectivity index (χ1) is 9.95. The molecule has 0 bridgehead atoms. The second-order valence-electron chi connectivity index (χ2n) is 6.52. The molecule has 1 aromatic rings. The van der Waals surface area contributed by atoms with E-state index in [1.54, 1.807) is 25.1 Å². The van der Waals surface area contributed by atoms with Gasteiger partial charge in [-0.25, -0.2) is 0 Å². The molecule has 1 aliphatic heterocycles. The van der Waals surface area contributed by atoms with Crippen LogP contribution >= 0.6 is 0 Å². The summed E-state index contributed by atoms with van der Waals surface area (Å²) >= 11 is 0. The van der Waals surface area contributed by atoms with Crippen molar-refractivity contribution in [1.29, 1.82) is 0 Å². The Kier molecular flexibility index (Phi) is 5.23. The highest BCUT2D eigenvalue weighted by molar-refractivity contribution is 5.94. The van der Waals surface area contributed by atoms with Crippen LogP contribution in [0.1, 0.15) is 36.2 Å². The minimum absolute atomic E-state index is 0.0552. The number of hydrogen-bond donors (Lipinski definition) is 2. The van der Waals surface area contributed by atoms with Gasteiger partial charge in [0, 0.05) is 25.2 Å². The van der Waals surface area contributed by atoms with Gasteiger partial charge in [0.15, 0.2) is 0 Å². The van der Waals surface area contributed by atoms with Crippen LogP contribution in [-0.4, -0.2) is 42.1 Å². The van der Waals surface area contributed by atoms with E-state index in [-0.39, 0.29) is 11.7 Å². The molecule has 0 aliphatic carbocycles. The van der Waals surface area contributed by atoms with Crippen LogP contribution in [-0.2, 0) is 0 Å². The fourth-order valence-corrected chi connectivity index (χ4v) is 2.90. The fourth-order valence-electron chi connectivity index (χ4n) is 2.90. The number of amides is 1. The summed E-state index contributed by atoms with van der Waals surface area (Å²) in [5, 5.41) is 12.5. The van der Waals surface area contributed by atoms with Crippen LogP contribution in [0.25, 0.3) is 0 Å². The Morgan fingerprint density at radius 2 is 2.24 bits per heavy atom. The zero-order chi connectivity index (χ0) is 15.4. The molecule has 1 amide bonds. The summed E-state index contributed by atoms with van der Waals surface area (Å²) in [6.07, 6.45) is 1.15. The Balaban J connectivity index is 1.80. The van der Waals surface area contributed by atoms with Gasteiger partial charge >= 0.3 is 0 Å². The summed E-state index contributed by atoms with van der Waals surface area (Å²) in [5.74, 6) is 1.41. The number of phenolic OH excluding ortho intramolecular Hbond substituents is 1. The van der Waals surface area contributed by atoms with Gasteiger partial charge in [0.1, 0.15) is 5.75 Å². The Morgan fingerprint density at radius 1 is 1.48 bits per heavy atom. The van der Waals surface area contributed by atoms with Crippen molar-refractivity contribution in [2.24, 2.45) is 11.8 Å². The minimum Gasteiger partial charge on any atom is -0.508 e. The molecule has 1 fully saturated rings. The van der Waals surface area contributed by atoms with Gasteiger partial charge in [-0.2, -0.15) is 0 Å². The van der Waals surface area contributed by atoms with Gasteiger partial charge in [0.2, 0.25) is 0 Å². The predicted molar refractivity (Wildman–Crippen MR) is 84.6 cm³/mol. The third-order valence-corrected chi connectivity index (χ3v) is 4.00. The largest absolute Gasteiger partial charge is 0.508 e. The molecular formula is C17H26N2O2. The normalized spacial score (nSPS) is 19.1. The zero-order valence-electron chi connectivity index (χ0n) is 13.2. The molecule has 21 heavy (non-hydrogen) atoms. The first-order valence-electron chi connectivity index (χ1n) is 7.76. The number of hydrogen-bond acceptors (Lipinski definition) is 3. The molecule has 1 saturated heterocycles. The lowest BCUT2D eigenvalue weighted by atomic mass is 10.1. The summed E-state index contributed by atoms with van der Waals surface area (Å²) in [4.78, 5) is 14.6. The number of aryl methyl sites for hydroxylation is 1. The fraction of sp³-hybridized carbons (Fsp3) is 0.588. The molecule has 1 aromatic carbocycles. The van der Waals surface area contributed by atoms with Crippen LogP contribution < -0.4 is 5.32 Å². The SMILES string of the molecule is Cc1cc(C(=O)NC[C@H]2CCN(CC(C)C)C2)ccc1O. The Hall–Kier alpha value is -1.55. The molecule has 0 aromatic heterocycles. The molecule has 0 saturated carbocycles. The van der Waals surface area contributed by atoms with Crippen LogP contribution in [0.5, 0.6) is 5.75 Å². The topological polar surface area (TPSA) is 52.6 Å². The van der Waals surface area contributed by atoms with E-state index in [0.29, 0.717) is 17.4 Å². The Morgan fingerprint density at radius 3 is 2.90 bits per heavy atom. The van der Waals surface area contributed by atoms with Crippen LogP contribution in [0.2, 0.25) is 0 Å². The van der Waals surface area contributed by atoms with Crippen LogP contribution in [0.4, 0.5) is 0 Å². The summed E-state index contributed by atoms with van der Waals surface area (Å²) in [6, 6.07) is 4.96. The van der Waals surface area contributed by atoms with Crippen LogP contribution in [0, 0.1) is 18.8 Å².